The van der Waals surface area contributed by atoms with Crippen molar-refractivity contribution >= 4 is 10.8 Å². The van der Waals surface area contributed by atoms with Crippen LogP contribution in [0.3, 0.4) is 0 Å². The topological polar surface area (TPSA) is 36.4 Å². The molecule has 4 rings (SSSR count). The van der Waals surface area contributed by atoms with E-state index in [1.165, 1.54) is 27.5 Å². The van der Waals surface area contributed by atoms with E-state index in [-0.39, 0.29) is 12.0 Å². The number of nitrogens with zero attached hydrogens (tertiary/aromatic N) is 2. The third kappa shape index (κ3) is 3.90. The lowest BCUT2D eigenvalue weighted by atomic mass is 9.75. The van der Waals surface area contributed by atoms with Gasteiger partial charge in [-0.05, 0) is 60.9 Å². The van der Waals surface area contributed by atoms with Gasteiger partial charge in [0.2, 0.25) is 0 Å². The van der Waals surface area contributed by atoms with E-state index in [0.29, 0.717) is 0 Å². The van der Waals surface area contributed by atoms with Crippen LogP contribution >= 0.6 is 0 Å². The molecule has 1 saturated heterocycles. The van der Waals surface area contributed by atoms with Gasteiger partial charge in [-0.1, -0.05) is 42.5 Å². The average Bonchev–Trinajstić information content (AvgIpc) is 2.70. The second-order valence-corrected chi connectivity index (χ2v) is 8.09. The number of aryl methyl sites for hydroxylation is 1. The highest BCUT2D eigenvalue weighted by atomic mass is 16.3. The summed E-state index contributed by atoms with van der Waals surface area (Å²) in [6, 6.07) is 17.2. The Kier molecular flexibility index (Phi) is 5.24. The van der Waals surface area contributed by atoms with Gasteiger partial charge < -0.3 is 5.11 Å². The first-order valence-electron chi connectivity index (χ1n) is 9.88. The number of aliphatic hydroxyl groups excluding tert-OH is 1. The maximum atomic E-state index is 10.3. The number of pyridine rings is 1. The molecule has 1 atom stereocenters. The van der Waals surface area contributed by atoms with Crippen molar-refractivity contribution in [2.75, 3.05) is 19.7 Å². The van der Waals surface area contributed by atoms with Gasteiger partial charge in [0.15, 0.2) is 0 Å². The van der Waals surface area contributed by atoms with Crippen molar-refractivity contribution in [2.45, 2.75) is 32.7 Å². The molecule has 0 aliphatic carbocycles. The minimum absolute atomic E-state index is 0.0451. The van der Waals surface area contributed by atoms with E-state index in [4.69, 9.17) is 0 Å². The highest BCUT2D eigenvalue weighted by Gasteiger charge is 2.35. The van der Waals surface area contributed by atoms with Crippen LogP contribution in [-0.2, 0) is 13.0 Å². The molecule has 0 radical (unpaired) electrons. The van der Waals surface area contributed by atoms with Gasteiger partial charge in [0.05, 0.1) is 6.61 Å². The summed E-state index contributed by atoms with van der Waals surface area (Å²) in [6.07, 6.45) is 6.99. The van der Waals surface area contributed by atoms with E-state index in [9.17, 15) is 5.11 Å². The molecule has 2 heterocycles. The van der Waals surface area contributed by atoms with E-state index in [2.05, 4.69) is 65.3 Å². The van der Waals surface area contributed by atoms with Crippen LogP contribution in [0.1, 0.15) is 29.5 Å². The highest BCUT2D eigenvalue weighted by Crippen LogP contribution is 2.35. The van der Waals surface area contributed by atoms with Crippen molar-refractivity contribution in [3.63, 3.8) is 0 Å². The Morgan fingerprint density at radius 2 is 1.93 bits per heavy atom. The van der Waals surface area contributed by atoms with Gasteiger partial charge in [-0.3, -0.25) is 9.88 Å². The number of likely N-dealkylation sites (tertiary alicyclic amines) is 1. The van der Waals surface area contributed by atoms with Crippen molar-refractivity contribution in [2.24, 2.45) is 5.41 Å². The lowest BCUT2D eigenvalue weighted by Crippen LogP contribution is -2.46. The van der Waals surface area contributed by atoms with E-state index >= 15 is 0 Å². The smallest absolute Gasteiger partial charge is 0.0502 e. The molecule has 140 valence electrons. The first-order valence-corrected chi connectivity index (χ1v) is 9.88. The average molecular weight is 361 g/mol. The minimum Gasteiger partial charge on any atom is -0.396 e. The van der Waals surface area contributed by atoms with Crippen LogP contribution in [0.2, 0.25) is 0 Å². The normalized spacial score (nSPS) is 20.8. The molecule has 1 N–H and O–H groups in total. The van der Waals surface area contributed by atoms with Crippen molar-refractivity contribution in [1.82, 2.24) is 9.88 Å². The largest absolute Gasteiger partial charge is 0.396 e. The van der Waals surface area contributed by atoms with Crippen LogP contribution in [0.15, 0.2) is 60.9 Å². The molecule has 0 spiro atoms. The van der Waals surface area contributed by atoms with Gasteiger partial charge >= 0.3 is 0 Å². The summed E-state index contributed by atoms with van der Waals surface area (Å²) in [4.78, 5) is 6.77. The number of hydrogen-bond acceptors (Lipinski definition) is 3. The fourth-order valence-corrected chi connectivity index (χ4v) is 4.56. The zero-order chi connectivity index (χ0) is 18.7. The van der Waals surface area contributed by atoms with Gasteiger partial charge in [0.1, 0.15) is 0 Å². The van der Waals surface area contributed by atoms with Crippen LogP contribution in [0, 0.1) is 12.3 Å². The predicted molar refractivity (Wildman–Crippen MR) is 111 cm³/mol. The van der Waals surface area contributed by atoms with Crippen molar-refractivity contribution in [3.05, 3.63) is 77.6 Å². The monoisotopic (exact) mass is 360 g/mol. The fourth-order valence-electron chi connectivity index (χ4n) is 4.56. The molecule has 1 aromatic heterocycles. The van der Waals surface area contributed by atoms with E-state index < -0.39 is 0 Å². The Balaban J connectivity index is 1.55. The zero-order valence-corrected chi connectivity index (χ0v) is 16.1. The molecule has 1 unspecified atom stereocenters. The summed E-state index contributed by atoms with van der Waals surface area (Å²) >= 11 is 0. The summed E-state index contributed by atoms with van der Waals surface area (Å²) in [5, 5.41) is 12.8. The van der Waals surface area contributed by atoms with Crippen molar-refractivity contribution in [1.29, 1.82) is 0 Å². The van der Waals surface area contributed by atoms with Gasteiger partial charge in [-0.15, -0.1) is 0 Å². The van der Waals surface area contributed by atoms with Gasteiger partial charge in [-0.25, -0.2) is 0 Å². The maximum Gasteiger partial charge on any atom is 0.0502 e. The molecule has 0 saturated carbocycles. The maximum absolute atomic E-state index is 10.3. The number of piperidine rings is 1. The van der Waals surface area contributed by atoms with Crippen LogP contribution in [-0.4, -0.2) is 34.7 Å². The van der Waals surface area contributed by atoms with E-state index in [1.54, 1.807) is 0 Å². The number of benzene rings is 2. The van der Waals surface area contributed by atoms with Crippen molar-refractivity contribution in [3.8, 4) is 0 Å². The van der Waals surface area contributed by atoms with Crippen molar-refractivity contribution < 1.29 is 5.11 Å². The SMILES string of the molecule is Cc1ccccc1CC1(CO)CCCN(Cc2cccc3cnccc23)C1. The second-order valence-electron chi connectivity index (χ2n) is 8.09. The third-order valence-electron chi connectivity index (χ3n) is 6.07. The van der Waals surface area contributed by atoms with Crippen LogP contribution < -0.4 is 0 Å². The molecule has 3 nitrogen and oxygen atoms in total. The van der Waals surface area contributed by atoms with Gasteiger partial charge in [-0.2, -0.15) is 0 Å². The molecular weight excluding hydrogens is 332 g/mol. The Morgan fingerprint density at radius 3 is 2.78 bits per heavy atom. The van der Waals surface area contributed by atoms with E-state index in [0.717, 1.165) is 38.9 Å². The molecule has 1 aliphatic rings. The van der Waals surface area contributed by atoms with Gasteiger partial charge in [0.25, 0.3) is 0 Å². The molecule has 27 heavy (non-hydrogen) atoms. The number of hydrogen-bond donors (Lipinski definition) is 1. The summed E-state index contributed by atoms with van der Waals surface area (Å²) < 4.78 is 0. The lowest BCUT2D eigenvalue weighted by molar-refractivity contribution is 0.0289. The highest BCUT2D eigenvalue weighted by molar-refractivity contribution is 5.84. The number of aromatic nitrogens is 1. The molecule has 0 bridgehead atoms. The first-order chi connectivity index (χ1) is 13.2. The summed E-state index contributed by atoms with van der Waals surface area (Å²) in [7, 11) is 0. The molecule has 3 aromatic rings. The minimum atomic E-state index is -0.0451. The standard InChI is InChI=1S/C24H28N2O/c1-19-6-2-3-7-20(19)14-24(18-27)11-5-13-26(17-24)16-22-9-4-8-21-15-25-12-10-23(21)22/h2-4,6-10,12,15,27H,5,11,13-14,16-18H2,1H3. The van der Waals surface area contributed by atoms with Crippen LogP contribution in [0.25, 0.3) is 10.8 Å². The Bertz CT molecular complexity index is 918. The van der Waals surface area contributed by atoms with Crippen LogP contribution in [0.5, 0.6) is 0 Å². The molecule has 3 heteroatoms. The molecule has 2 aromatic carbocycles. The zero-order valence-electron chi connectivity index (χ0n) is 16.1. The summed E-state index contributed by atoms with van der Waals surface area (Å²) in [5.41, 5.74) is 3.99. The fraction of sp³-hybridized carbons (Fsp3) is 0.375. The first kappa shape index (κ1) is 18.1. The molecule has 0 amide bonds. The summed E-state index contributed by atoms with van der Waals surface area (Å²) in [6.45, 7) is 5.38. The Hall–Kier alpha value is -2.23. The number of aliphatic hydroxyl groups is 1. The Labute approximate surface area is 161 Å². The lowest BCUT2D eigenvalue weighted by Gasteiger charge is -2.42. The number of fused-ring (bicyclic) bond motifs is 1. The summed E-state index contributed by atoms with van der Waals surface area (Å²) in [5.74, 6) is 0. The molecular formula is C24H28N2O. The second kappa shape index (κ2) is 7.79. The quantitative estimate of drug-likeness (QED) is 0.734. The molecule has 1 fully saturated rings. The number of rotatable bonds is 5. The van der Waals surface area contributed by atoms with Gasteiger partial charge in [0, 0.05) is 36.3 Å². The third-order valence-corrected chi connectivity index (χ3v) is 6.07. The Morgan fingerprint density at radius 1 is 1.07 bits per heavy atom. The molecule has 1 aliphatic heterocycles. The van der Waals surface area contributed by atoms with Crippen LogP contribution in [0.4, 0.5) is 0 Å². The predicted octanol–water partition coefficient (Wildman–Crippen LogP) is 4.36. The van der Waals surface area contributed by atoms with E-state index in [1.807, 2.05) is 12.4 Å².